The number of esters is 1. The van der Waals surface area contributed by atoms with Gasteiger partial charge in [-0.15, -0.1) is 0 Å². The van der Waals surface area contributed by atoms with Crippen LogP contribution in [0.1, 0.15) is 52.1 Å². The van der Waals surface area contributed by atoms with Crippen molar-refractivity contribution >= 4 is 29.3 Å². The zero-order valence-corrected chi connectivity index (χ0v) is 15.1. The van der Waals surface area contributed by atoms with Gasteiger partial charge in [0.05, 0.1) is 5.56 Å². The van der Waals surface area contributed by atoms with Crippen molar-refractivity contribution in [2.24, 2.45) is 5.92 Å². The molecule has 0 heterocycles. The highest BCUT2D eigenvalue weighted by Gasteiger charge is 2.25. The van der Waals surface area contributed by atoms with Gasteiger partial charge in [-0.3, -0.25) is 9.59 Å². The Morgan fingerprint density at radius 1 is 1.04 bits per heavy atom. The maximum absolute atomic E-state index is 12.5. The Morgan fingerprint density at radius 3 is 2.33 bits per heavy atom. The minimum absolute atomic E-state index is 0.0313. The first-order valence-electron chi connectivity index (χ1n) is 8.59. The van der Waals surface area contributed by atoms with Crippen LogP contribution in [0.25, 0.3) is 6.08 Å². The molecule has 0 radical (unpaired) electrons. The van der Waals surface area contributed by atoms with Crippen molar-refractivity contribution in [1.29, 1.82) is 5.41 Å². The van der Waals surface area contributed by atoms with E-state index in [2.05, 4.69) is 0 Å². The Balaban J connectivity index is 1.76. The Kier molecular flexibility index (Phi) is 5.12. The molecule has 1 unspecified atom stereocenters. The average Bonchev–Trinajstić information content (AvgIpc) is 2.64. The SMILES string of the molecule is CC(=N)c1ccc(C(=O)Oc2ccc3c(c2)C=CC(CC(C)=O)C3=O)cc1. The van der Waals surface area contributed by atoms with Crippen LogP contribution in [0.3, 0.4) is 0 Å². The van der Waals surface area contributed by atoms with Crippen LogP contribution >= 0.6 is 0 Å². The van der Waals surface area contributed by atoms with E-state index in [0.29, 0.717) is 28.2 Å². The van der Waals surface area contributed by atoms with Crippen LogP contribution in [0.4, 0.5) is 0 Å². The summed E-state index contributed by atoms with van der Waals surface area (Å²) < 4.78 is 5.40. The summed E-state index contributed by atoms with van der Waals surface area (Å²) in [6.45, 7) is 3.14. The first-order chi connectivity index (χ1) is 12.8. The van der Waals surface area contributed by atoms with Gasteiger partial charge in [0.15, 0.2) is 5.78 Å². The molecule has 0 saturated carbocycles. The van der Waals surface area contributed by atoms with Crippen molar-refractivity contribution in [3.8, 4) is 5.75 Å². The van der Waals surface area contributed by atoms with E-state index in [1.54, 1.807) is 61.5 Å². The quantitative estimate of drug-likeness (QED) is 0.494. The van der Waals surface area contributed by atoms with Gasteiger partial charge in [0.2, 0.25) is 0 Å². The first kappa shape index (κ1) is 18.5. The fourth-order valence-corrected chi connectivity index (χ4v) is 2.97. The van der Waals surface area contributed by atoms with Gasteiger partial charge in [0, 0.05) is 23.6 Å². The van der Waals surface area contributed by atoms with Crippen LogP contribution < -0.4 is 4.74 Å². The molecule has 1 aliphatic rings. The summed E-state index contributed by atoms with van der Waals surface area (Å²) >= 11 is 0. The zero-order valence-electron chi connectivity index (χ0n) is 15.1. The lowest BCUT2D eigenvalue weighted by Crippen LogP contribution is -2.19. The summed E-state index contributed by atoms with van der Waals surface area (Å²) in [4.78, 5) is 36.1. The normalized spacial score (nSPS) is 15.2. The lowest BCUT2D eigenvalue weighted by Gasteiger charge is -2.17. The molecule has 0 bridgehead atoms. The number of ketones is 2. The highest BCUT2D eigenvalue weighted by Crippen LogP contribution is 2.28. The van der Waals surface area contributed by atoms with Crippen LogP contribution in [0.2, 0.25) is 0 Å². The molecule has 1 aliphatic carbocycles. The fourth-order valence-electron chi connectivity index (χ4n) is 2.97. The predicted molar refractivity (Wildman–Crippen MR) is 102 cm³/mol. The molecule has 0 amide bonds. The lowest BCUT2D eigenvalue weighted by molar-refractivity contribution is -0.117. The minimum Gasteiger partial charge on any atom is -0.423 e. The van der Waals surface area contributed by atoms with E-state index in [-0.39, 0.29) is 18.0 Å². The number of carbonyl (C=O) groups is 3. The largest absolute Gasteiger partial charge is 0.423 e. The number of carbonyl (C=O) groups excluding carboxylic acids is 3. The van der Waals surface area contributed by atoms with Gasteiger partial charge in [-0.25, -0.2) is 4.79 Å². The number of allylic oxidation sites excluding steroid dienone is 1. The number of hydrogen-bond donors (Lipinski definition) is 1. The number of fused-ring (bicyclic) bond motifs is 1. The van der Waals surface area contributed by atoms with Crippen LogP contribution in [-0.2, 0) is 4.79 Å². The molecule has 5 heteroatoms. The molecule has 2 aromatic rings. The lowest BCUT2D eigenvalue weighted by atomic mass is 9.85. The van der Waals surface area contributed by atoms with Crippen LogP contribution in [0, 0.1) is 11.3 Å². The maximum Gasteiger partial charge on any atom is 0.343 e. The highest BCUT2D eigenvalue weighted by molar-refractivity contribution is 6.06. The molecular weight excluding hydrogens is 342 g/mol. The average molecular weight is 361 g/mol. The summed E-state index contributed by atoms with van der Waals surface area (Å²) in [7, 11) is 0. The summed E-state index contributed by atoms with van der Waals surface area (Å²) in [5, 5.41) is 7.58. The summed E-state index contributed by atoms with van der Waals surface area (Å²) in [6, 6.07) is 11.5. The van der Waals surface area contributed by atoms with Gasteiger partial charge in [0.1, 0.15) is 11.5 Å². The number of nitrogens with one attached hydrogen (secondary N) is 1. The van der Waals surface area contributed by atoms with E-state index < -0.39 is 11.9 Å². The Bertz CT molecular complexity index is 970. The number of rotatable bonds is 5. The van der Waals surface area contributed by atoms with Crippen molar-refractivity contribution < 1.29 is 19.1 Å². The summed E-state index contributed by atoms with van der Waals surface area (Å²) in [6.07, 6.45) is 3.69. The van der Waals surface area contributed by atoms with Crippen molar-refractivity contribution in [2.45, 2.75) is 20.3 Å². The number of benzene rings is 2. The minimum atomic E-state index is -0.510. The van der Waals surface area contributed by atoms with Crippen LogP contribution in [0.15, 0.2) is 48.5 Å². The van der Waals surface area contributed by atoms with Crippen LogP contribution in [-0.4, -0.2) is 23.2 Å². The van der Waals surface area contributed by atoms with Gasteiger partial charge in [-0.05, 0) is 55.3 Å². The molecule has 0 saturated heterocycles. The zero-order chi connectivity index (χ0) is 19.6. The molecule has 2 aromatic carbocycles. The molecule has 3 rings (SSSR count). The second-order valence-electron chi connectivity index (χ2n) is 6.58. The van der Waals surface area contributed by atoms with Crippen LogP contribution in [0.5, 0.6) is 5.75 Å². The Morgan fingerprint density at radius 2 is 1.70 bits per heavy atom. The van der Waals surface area contributed by atoms with E-state index >= 15 is 0 Å². The van der Waals surface area contributed by atoms with E-state index in [1.165, 1.54) is 6.92 Å². The van der Waals surface area contributed by atoms with E-state index in [1.807, 2.05) is 0 Å². The van der Waals surface area contributed by atoms with Gasteiger partial charge < -0.3 is 10.1 Å². The van der Waals surface area contributed by atoms with Gasteiger partial charge in [-0.2, -0.15) is 0 Å². The number of hydrogen-bond acceptors (Lipinski definition) is 5. The molecule has 5 nitrogen and oxygen atoms in total. The summed E-state index contributed by atoms with van der Waals surface area (Å²) in [5.74, 6) is -0.730. The molecule has 136 valence electrons. The molecule has 0 spiro atoms. The third-order valence-corrected chi connectivity index (χ3v) is 4.40. The molecule has 0 fully saturated rings. The Hall–Kier alpha value is -3.34. The smallest absolute Gasteiger partial charge is 0.343 e. The fraction of sp³-hybridized carbons (Fsp3) is 0.182. The van der Waals surface area contributed by atoms with Crippen molar-refractivity contribution in [2.75, 3.05) is 0 Å². The number of Topliss-reactive ketones (excluding diaryl/α,β-unsaturated/α-hetero) is 2. The second kappa shape index (κ2) is 7.50. The second-order valence-corrected chi connectivity index (χ2v) is 6.58. The molecule has 1 atom stereocenters. The highest BCUT2D eigenvalue weighted by atomic mass is 16.5. The third-order valence-electron chi connectivity index (χ3n) is 4.40. The van der Waals surface area contributed by atoms with Crippen molar-refractivity contribution in [1.82, 2.24) is 0 Å². The predicted octanol–water partition coefficient (Wildman–Crippen LogP) is 4.10. The Labute approximate surface area is 157 Å². The van der Waals surface area contributed by atoms with Gasteiger partial charge in [-0.1, -0.05) is 24.3 Å². The van der Waals surface area contributed by atoms with Crippen molar-refractivity contribution in [3.63, 3.8) is 0 Å². The third kappa shape index (κ3) is 4.08. The molecule has 0 aliphatic heterocycles. The van der Waals surface area contributed by atoms with Gasteiger partial charge >= 0.3 is 5.97 Å². The molecule has 0 aromatic heterocycles. The standard InChI is InChI=1S/C22H19NO4/c1-13(24)11-18-8-7-17-12-19(9-10-20(17)21(18)25)27-22(26)16-5-3-15(4-6-16)14(2)23/h3-10,12,18,23H,11H2,1-2H3. The maximum atomic E-state index is 12.5. The monoisotopic (exact) mass is 361 g/mol. The summed E-state index contributed by atoms with van der Waals surface area (Å²) in [5.41, 5.74) is 2.73. The molecular formula is C22H19NO4. The molecule has 1 N–H and O–H groups in total. The number of ether oxygens (including phenoxy) is 1. The van der Waals surface area contributed by atoms with E-state index in [9.17, 15) is 14.4 Å². The molecule has 27 heavy (non-hydrogen) atoms. The van der Waals surface area contributed by atoms with E-state index in [0.717, 1.165) is 5.56 Å². The van der Waals surface area contributed by atoms with E-state index in [4.69, 9.17) is 10.1 Å². The first-order valence-corrected chi connectivity index (χ1v) is 8.59. The van der Waals surface area contributed by atoms with Gasteiger partial charge in [0.25, 0.3) is 0 Å². The van der Waals surface area contributed by atoms with Crippen molar-refractivity contribution in [3.05, 3.63) is 70.8 Å². The topological polar surface area (TPSA) is 84.3 Å².